The molecule has 0 saturated heterocycles. The number of carbonyl (C=O) groups is 1. The van der Waals surface area contributed by atoms with Crippen LogP contribution in [0.4, 0.5) is 0 Å². The van der Waals surface area contributed by atoms with Crippen LogP contribution in [0.15, 0.2) is 54.6 Å². The summed E-state index contributed by atoms with van der Waals surface area (Å²) < 4.78 is 0. The van der Waals surface area contributed by atoms with Gasteiger partial charge in [0.25, 0.3) is 0 Å². The summed E-state index contributed by atoms with van der Waals surface area (Å²) in [4.78, 5) is 11.9. The predicted molar refractivity (Wildman–Crippen MR) is 81.2 cm³/mol. The molecule has 20 heavy (non-hydrogen) atoms. The van der Waals surface area contributed by atoms with Gasteiger partial charge < -0.3 is 5.11 Å². The molecule has 2 rings (SSSR count). The summed E-state index contributed by atoms with van der Waals surface area (Å²) in [5, 5.41) is 10.4. The molecular weight excluding hydrogens is 272 g/mol. The van der Waals surface area contributed by atoms with Gasteiger partial charge in [0.15, 0.2) is 0 Å². The fraction of sp³-hybridized carbons (Fsp3) is 0.235. The Morgan fingerprint density at radius 2 is 1.85 bits per heavy atom. The van der Waals surface area contributed by atoms with Crippen LogP contribution in [0.2, 0.25) is 5.02 Å². The summed E-state index contributed by atoms with van der Waals surface area (Å²) in [6.07, 6.45) is 0.961. The van der Waals surface area contributed by atoms with Crippen molar-refractivity contribution < 1.29 is 9.90 Å². The van der Waals surface area contributed by atoms with E-state index in [1.165, 1.54) is 0 Å². The van der Waals surface area contributed by atoms with Crippen molar-refractivity contribution >= 4 is 17.6 Å². The lowest BCUT2D eigenvalue weighted by Gasteiger charge is -2.29. The Hall–Kier alpha value is -1.80. The van der Waals surface area contributed by atoms with Gasteiger partial charge in [0.05, 0.1) is 5.41 Å². The van der Waals surface area contributed by atoms with Gasteiger partial charge >= 0.3 is 5.97 Å². The van der Waals surface area contributed by atoms with Crippen molar-refractivity contribution in [1.29, 1.82) is 0 Å². The molecule has 0 heterocycles. The average molecular weight is 289 g/mol. The van der Waals surface area contributed by atoms with Crippen LogP contribution in [0.5, 0.6) is 0 Å². The first-order valence-corrected chi connectivity index (χ1v) is 6.99. The molecule has 0 fully saturated rings. The molecule has 0 spiro atoms. The highest BCUT2D eigenvalue weighted by molar-refractivity contribution is 6.30. The number of hydrogen-bond acceptors (Lipinski definition) is 1. The lowest BCUT2D eigenvalue weighted by Crippen LogP contribution is -2.37. The highest BCUT2D eigenvalue weighted by Crippen LogP contribution is 2.33. The number of rotatable bonds is 5. The van der Waals surface area contributed by atoms with Crippen molar-refractivity contribution in [3.63, 3.8) is 0 Å². The van der Waals surface area contributed by atoms with Crippen molar-refractivity contribution in [3.05, 3.63) is 70.7 Å². The Kier molecular flexibility index (Phi) is 4.46. The Morgan fingerprint density at radius 1 is 1.15 bits per heavy atom. The summed E-state index contributed by atoms with van der Waals surface area (Å²) in [6.45, 7) is 1.91. The lowest BCUT2D eigenvalue weighted by atomic mass is 9.73. The van der Waals surface area contributed by atoms with E-state index in [0.29, 0.717) is 17.9 Å². The number of aliphatic carboxylic acids is 1. The van der Waals surface area contributed by atoms with Crippen LogP contribution in [0.1, 0.15) is 24.5 Å². The summed E-state index contributed by atoms with van der Waals surface area (Å²) in [5.41, 5.74) is 0.854. The molecule has 2 nitrogen and oxygen atoms in total. The maximum Gasteiger partial charge on any atom is 0.314 e. The van der Waals surface area contributed by atoms with Gasteiger partial charge in [0.1, 0.15) is 0 Å². The van der Waals surface area contributed by atoms with E-state index >= 15 is 0 Å². The Labute approximate surface area is 124 Å². The molecule has 2 aromatic rings. The van der Waals surface area contributed by atoms with Gasteiger partial charge in [0.2, 0.25) is 0 Å². The second kappa shape index (κ2) is 6.10. The van der Waals surface area contributed by atoms with E-state index in [9.17, 15) is 9.90 Å². The lowest BCUT2D eigenvalue weighted by molar-refractivity contribution is -0.144. The second-order valence-corrected chi connectivity index (χ2v) is 5.35. The highest BCUT2D eigenvalue weighted by Gasteiger charge is 2.38. The number of hydrogen-bond donors (Lipinski definition) is 1. The Balaban J connectivity index is 2.45. The van der Waals surface area contributed by atoms with Crippen LogP contribution in [0.3, 0.4) is 0 Å². The molecule has 1 unspecified atom stereocenters. The molecule has 1 N–H and O–H groups in total. The second-order valence-electron chi connectivity index (χ2n) is 4.91. The summed E-state index contributed by atoms with van der Waals surface area (Å²) in [6, 6.07) is 16.8. The average Bonchev–Trinajstić information content (AvgIpc) is 2.45. The van der Waals surface area contributed by atoms with E-state index in [1.54, 1.807) is 6.07 Å². The van der Waals surface area contributed by atoms with Gasteiger partial charge in [-0.1, -0.05) is 61.0 Å². The van der Waals surface area contributed by atoms with Crippen molar-refractivity contribution in [2.24, 2.45) is 0 Å². The third-order valence-electron chi connectivity index (χ3n) is 3.73. The largest absolute Gasteiger partial charge is 0.481 e. The van der Waals surface area contributed by atoms with Crippen LogP contribution in [0, 0.1) is 0 Å². The molecule has 104 valence electrons. The highest BCUT2D eigenvalue weighted by atomic mass is 35.5. The maximum atomic E-state index is 11.9. The van der Waals surface area contributed by atoms with E-state index in [0.717, 1.165) is 11.1 Å². The van der Waals surface area contributed by atoms with Crippen LogP contribution >= 0.6 is 11.6 Å². The summed E-state index contributed by atoms with van der Waals surface area (Å²) >= 11 is 6.00. The van der Waals surface area contributed by atoms with Gasteiger partial charge in [-0.05, 0) is 36.1 Å². The first-order chi connectivity index (χ1) is 9.58. The van der Waals surface area contributed by atoms with Crippen molar-refractivity contribution in [2.75, 3.05) is 0 Å². The third kappa shape index (κ3) is 2.86. The van der Waals surface area contributed by atoms with Crippen LogP contribution in [0.25, 0.3) is 0 Å². The predicted octanol–water partition coefficient (Wildman–Crippen LogP) is 4.32. The molecule has 0 aliphatic heterocycles. The summed E-state index contributed by atoms with van der Waals surface area (Å²) in [5.74, 6) is -0.800. The van der Waals surface area contributed by atoms with Gasteiger partial charge in [-0.25, -0.2) is 0 Å². The molecule has 0 aliphatic rings. The molecule has 0 amide bonds. The van der Waals surface area contributed by atoms with E-state index in [1.807, 2.05) is 55.5 Å². The topological polar surface area (TPSA) is 37.3 Å². The van der Waals surface area contributed by atoms with Crippen molar-refractivity contribution in [2.45, 2.75) is 25.2 Å². The quantitative estimate of drug-likeness (QED) is 0.890. The molecular formula is C17H17ClO2. The van der Waals surface area contributed by atoms with Crippen LogP contribution in [-0.2, 0) is 16.6 Å². The molecule has 1 atom stereocenters. The third-order valence-corrected chi connectivity index (χ3v) is 3.97. The molecule has 0 saturated carbocycles. The smallest absolute Gasteiger partial charge is 0.314 e. The monoisotopic (exact) mass is 288 g/mol. The van der Waals surface area contributed by atoms with Crippen LogP contribution < -0.4 is 0 Å². The zero-order valence-corrected chi connectivity index (χ0v) is 12.1. The molecule has 0 bridgehead atoms. The summed E-state index contributed by atoms with van der Waals surface area (Å²) in [7, 11) is 0. The van der Waals surface area contributed by atoms with Gasteiger partial charge in [-0.2, -0.15) is 0 Å². The van der Waals surface area contributed by atoms with E-state index < -0.39 is 11.4 Å². The molecule has 0 aliphatic carbocycles. The minimum absolute atomic E-state index is 0.434. The normalized spacial score (nSPS) is 13.7. The molecule has 2 aromatic carbocycles. The first kappa shape index (κ1) is 14.6. The number of carboxylic acid groups (broad SMARTS) is 1. The molecule has 0 radical (unpaired) electrons. The Bertz CT molecular complexity index is 595. The van der Waals surface area contributed by atoms with E-state index in [-0.39, 0.29) is 0 Å². The van der Waals surface area contributed by atoms with Crippen LogP contribution in [-0.4, -0.2) is 11.1 Å². The van der Waals surface area contributed by atoms with Crippen molar-refractivity contribution in [1.82, 2.24) is 0 Å². The minimum Gasteiger partial charge on any atom is -0.481 e. The number of halogens is 1. The fourth-order valence-electron chi connectivity index (χ4n) is 2.53. The fourth-order valence-corrected chi connectivity index (χ4v) is 2.75. The number of carboxylic acids is 1. The minimum atomic E-state index is -0.911. The first-order valence-electron chi connectivity index (χ1n) is 6.62. The SMILES string of the molecule is CCC(Cc1cccc(Cl)c1)(C(=O)O)c1ccccc1. The van der Waals surface area contributed by atoms with E-state index in [4.69, 9.17) is 11.6 Å². The zero-order chi connectivity index (χ0) is 14.6. The zero-order valence-electron chi connectivity index (χ0n) is 11.3. The van der Waals surface area contributed by atoms with E-state index in [2.05, 4.69) is 0 Å². The van der Waals surface area contributed by atoms with Gasteiger partial charge in [0, 0.05) is 5.02 Å². The van der Waals surface area contributed by atoms with Crippen molar-refractivity contribution in [3.8, 4) is 0 Å². The number of benzene rings is 2. The molecule has 0 aromatic heterocycles. The molecule has 3 heteroatoms. The Morgan fingerprint density at radius 3 is 2.40 bits per heavy atom. The van der Waals surface area contributed by atoms with Gasteiger partial charge in [-0.3, -0.25) is 4.79 Å². The maximum absolute atomic E-state index is 11.9. The van der Waals surface area contributed by atoms with Gasteiger partial charge in [-0.15, -0.1) is 0 Å². The standard InChI is InChI=1S/C17H17ClO2/c1-2-17(16(19)20,14-8-4-3-5-9-14)12-13-7-6-10-15(18)11-13/h3-11H,2,12H2,1H3,(H,19,20).